The molecular formula is C20H28N4O2. The fraction of sp³-hybridized carbons (Fsp3) is 0.550. The van der Waals surface area contributed by atoms with E-state index < -0.39 is 0 Å². The number of nitrogens with zero attached hydrogens (tertiary/aromatic N) is 4. The highest BCUT2D eigenvalue weighted by Gasteiger charge is 2.41. The van der Waals surface area contributed by atoms with E-state index in [1.807, 2.05) is 32.4 Å². The minimum Gasteiger partial charge on any atom is -0.468 e. The number of aromatic nitrogens is 1. The molecule has 0 N–H and O–H groups in total. The van der Waals surface area contributed by atoms with E-state index in [4.69, 9.17) is 9.15 Å². The van der Waals surface area contributed by atoms with Crippen LogP contribution in [0.15, 0.2) is 41.1 Å². The highest BCUT2D eigenvalue weighted by atomic mass is 16.5. The fourth-order valence-corrected chi connectivity index (χ4v) is 4.05. The van der Waals surface area contributed by atoms with E-state index in [9.17, 15) is 0 Å². The van der Waals surface area contributed by atoms with E-state index in [1.54, 1.807) is 6.26 Å². The van der Waals surface area contributed by atoms with Crippen molar-refractivity contribution >= 4 is 11.5 Å². The summed E-state index contributed by atoms with van der Waals surface area (Å²) in [6.07, 6.45) is 5.93. The van der Waals surface area contributed by atoms with Gasteiger partial charge in [-0.2, -0.15) is 0 Å². The molecule has 6 nitrogen and oxygen atoms in total. The molecule has 0 saturated carbocycles. The topological polar surface area (TPSA) is 45.0 Å². The number of pyridine rings is 1. The van der Waals surface area contributed by atoms with Gasteiger partial charge in [0, 0.05) is 40.3 Å². The van der Waals surface area contributed by atoms with Crippen molar-refractivity contribution in [1.82, 2.24) is 9.88 Å². The number of anilines is 2. The van der Waals surface area contributed by atoms with Crippen LogP contribution >= 0.6 is 0 Å². The molecule has 2 aliphatic heterocycles. The molecule has 1 atom stereocenters. The molecule has 0 bridgehead atoms. The molecule has 2 saturated heterocycles. The zero-order chi connectivity index (χ0) is 18.0. The Morgan fingerprint density at radius 3 is 2.85 bits per heavy atom. The van der Waals surface area contributed by atoms with Crippen LogP contribution < -0.4 is 9.80 Å². The van der Waals surface area contributed by atoms with Gasteiger partial charge >= 0.3 is 0 Å². The molecule has 1 unspecified atom stereocenters. The Bertz CT molecular complexity index is 697. The third-order valence-corrected chi connectivity index (χ3v) is 5.40. The number of piperidine rings is 1. The summed E-state index contributed by atoms with van der Waals surface area (Å²) in [6.45, 7) is 5.47. The molecule has 0 amide bonds. The lowest BCUT2D eigenvalue weighted by Gasteiger charge is -2.48. The van der Waals surface area contributed by atoms with Crippen LogP contribution in [0.5, 0.6) is 0 Å². The number of hydrogen-bond acceptors (Lipinski definition) is 6. The average molecular weight is 356 g/mol. The van der Waals surface area contributed by atoms with Crippen molar-refractivity contribution in [1.29, 1.82) is 0 Å². The maximum absolute atomic E-state index is 6.32. The third kappa shape index (κ3) is 3.71. The quantitative estimate of drug-likeness (QED) is 0.839. The monoisotopic (exact) mass is 356 g/mol. The van der Waals surface area contributed by atoms with Crippen molar-refractivity contribution < 1.29 is 9.15 Å². The second-order valence-corrected chi connectivity index (χ2v) is 7.62. The standard InChI is InChI=1S/C20H28N4O2/c1-22(2)17-6-7-19(21-13-17)24-9-4-8-20(16-24)15-23(10-12-26-20)14-18-5-3-11-25-18/h3,5-7,11,13H,4,8-10,12,14-16H2,1-2H3. The predicted octanol–water partition coefficient (Wildman–Crippen LogP) is 2.61. The molecule has 4 heterocycles. The first kappa shape index (κ1) is 17.4. The van der Waals surface area contributed by atoms with Gasteiger partial charge in [0.25, 0.3) is 0 Å². The Hall–Kier alpha value is -2.05. The van der Waals surface area contributed by atoms with E-state index in [0.717, 1.165) is 69.4 Å². The minimum absolute atomic E-state index is 0.106. The van der Waals surface area contributed by atoms with Gasteiger partial charge < -0.3 is 19.0 Å². The number of morpholine rings is 1. The van der Waals surface area contributed by atoms with Crippen LogP contribution in [0.2, 0.25) is 0 Å². The largest absolute Gasteiger partial charge is 0.468 e. The Labute approximate surface area is 155 Å². The van der Waals surface area contributed by atoms with Gasteiger partial charge in [-0.25, -0.2) is 4.98 Å². The van der Waals surface area contributed by atoms with Gasteiger partial charge in [0.1, 0.15) is 11.6 Å². The maximum atomic E-state index is 6.32. The summed E-state index contributed by atoms with van der Waals surface area (Å²) in [4.78, 5) is 11.6. The van der Waals surface area contributed by atoms with Crippen molar-refractivity contribution in [2.75, 3.05) is 56.7 Å². The van der Waals surface area contributed by atoms with E-state index in [-0.39, 0.29) is 5.60 Å². The molecule has 1 spiro atoms. The number of hydrogen-bond donors (Lipinski definition) is 0. The Morgan fingerprint density at radius 2 is 2.12 bits per heavy atom. The van der Waals surface area contributed by atoms with E-state index >= 15 is 0 Å². The van der Waals surface area contributed by atoms with Crippen molar-refractivity contribution in [3.8, 4) is 0 Å². The zero-order valence-electron chi connectivity index (χ0n) is 15.7. The summed E-state index contributed by atoms with van der Waals surface area (Å²) in [5, 5.41) is 0. The maximum Gasteiger partial charge on any atom is 0.128 e. The van der Waals surface area contributed by atoms with Gasteiger partial charge in [-0.1, -0.05) is 0 Å². The smallest absolute Gasteiger partial charge is 0.128 e. The summed E-state index contributed by atoms with van der Waals surface area (Å²) in [5.41, 5.74) is 1.02. The Morgan fingerprint density at radius 1 is 1.19 bits per heavy atom. The average Bonchev–Trinajstić information content (AvgIpc) is 3.15. The molecular weight excluding hydrogens is 328 g/mol. The summed E-state index contributed by atoms with van der Waals surface area (Å²) >= 11 is 0. The number of ether oxygens (including phenoxy) is 1. The van der Waals surface area contributed by atoms with Gasteiger partial charge in [0.2, 0.25) is 0 Å². The third-order valence-electron chi connectivity index (χ3n) is 5.40. The van der Waals surface area contributed by atoms with E-state index in [1.165, 1.54) is 0 Å². The van der Waals surface area contributed by atoms with Gasteiger partial charge in [0.15, 0.2) is 0 Å². The van der Waals surface area contributed by atoms with Crippen LogP contribution in [0.1, 0.15) is 18.6 Å². The Kier molecular flexibility index (Phi) is 4.87. The molecule has 140 valence electrons. The van der Waals surface area contributed by atoms with Crippen molar-refractivity contribution in [3.05, 3.63) is 42.5 Å². The van der Waals surface area contributed by atoms with Crippen molar-refractivity contribution in [2.24, 2.45) is 0 Å². The molecule has 2 fully saturated rings. The Balaban J connectivity index is 1.44. The predicted molar refractivity (Wildman–Crippen MR) is 103 cm³/mol. The molecule has 4 rings (SSSR count). The van der Waals surface area contributed by atoms with Crippen LogP contribution in [0.25, 0.3) is 0 Å². The lowest BCUT2D eigenvalue weighted by molar-refractivity contribution is -0.117. The van der Waals surface area contributed by atoms with E-state index in [0.29, 0.717) is 0 Å². The zero-order valence-corrected chi connectivity index (χ0v) is 15.7. The molecule has 0 aromatic carbocycles. The summed E-state index contributed by atoms with van der Waals surface area (Å²) in [5.74, 6) is 2.07. The molecule has 0 radical (unpaired) electrons. The first-order valence-corrected chi connectivity index (χ1v) is 9.41. The first-order valence-electron chi connectivity index (χ1n) is 9.41. The van der Waals surface area contributed by atoms with Crippen LogP contribution in [0.4, 0.5) is 11.5 Å². The minimum atomic E-state index is -0.106. The first-order chi connectivity index (χ1) is 12.6. The summed E-state index contributed by atoms with van der Waals surface area (Å²) in [7, 11) is 4.08. The second kappa shape index (κ2) is 7.29. The van der Waals surface area contributed by atoms with Crippen molar-refractivity contribution in [2.45, 2.75) is 25.0 Å². The lowest BCUT2D eigenvalue weighted by Crippen LogP contribution is -2.59. The van der Waals surface area contributed by atoms with Gasteiger partial charge in [-0.15, -0.1) is 0 Å². The van der Waals surface area contributed by atoms with Crippen LogP contribution in [-0.4, -0.2) is 62.4 Å². The van der Waals surface area contributed by atoms with Crippen LogP contribution in [0.3, 0.4) is 0 Å². The normalized spacial score (nSPS) is 24.2. The number of furan rings is 1. The summed E-state index contributed by atoms with van der Waals surface area (Å²) in [6, 6.07) is 8.26. The van der Waals surface area contributed by atoms with Crippen molar-refractivity contribution in [3.63, 3.8) is 0 Å². The molecule has 26 heavy (non-hydrogen) atoms. The van der Waals surface area contributed by atoms with Gasteiger partial charge in [-0.05, 0) is 37.1 Å². The molecule has 6 heteroatoms. The second-order valence-electron chi connectivity index (χ2n) is 7.62. The SMILES string of the molecule is CN(C)c1ccc(N2CCCC3(CN(Cc4ccco4)CCO3)C2)nc1. The van der Waals surface area contributed by atoms with Crippen LogP contribution in [0, 0.1) is 0 Å². The highest BCUT2D eigenvalue weighted by molar-refractivity contribution is 5.50. The van der Waals surface area contributed by atoms with Gasteiger partial charge in [0.05, 0.1) is 36.9 Å². The molecule has 2 aliphatic rings. The lowest BCUT2D eigenvalue weighted by atomic mass is 9.90. The molecule has 2 aromatic rings. The molecule has 2 aromatic heterocycles. The summed E-state index contributed by atoms with van der Waals surface area (Å²) < 4.78 is 11.8. The fourth-order valence-electron chi connectivity index (χ4n) is 4.05. The highest BCUT2D eigenvalue weighted by Crippen LogP contribution is 2.32. The molecule has 0 aliphatic carbocycles. The number of rotatable bonds is 4. The van der Waals surface area contributed by atoms with Crippen LogP contribution in [-0.2, 0) is 11.3 Å². The van der Waals surface area contributed by atoms with E-state index in [2.05, 4.69) is 31.8 Å². The van der Waals surface area contributed by atoms with Gasteiger partial charge in [-0.3, -0.25) is 4.90 Å².